The van der Waals surface area contributed by atoms with E-state index in [0.29, 0.717) is 6.54 Å². The SMILES string of the molecule is C=CC=CC=CC(=O)NCc1ccccc1. The van der Waals surface area contributed by atoms with E-state index in [1.807, 2.05) is 30.3 Å². The van der Waals surface area contributed by atoms with Gasteiger partial charge in [-0.2, -0.15) is 0 Å². The maximum Gasteiger partial charge on any atom is 0.244 e. The van der Waals surface area contributed by atoms with Crippen LogP contribution in [-0.2, 0) is 11.3 Å². The Morgan fingerprint density at radius 3 is 2.62 bits per heavy atom. The zero-order valence-corrected chi connectivity index (χ0v) is 9.10. The largest absolute Gasteiger partial charge is 0.348 e. The van der Waals surface area contributed by atoms with Crippen molar-refractivity contribution in [3.8, 4) is 0 Å². The van der Waals surface area contributed by atoms with Crippen LogP contribution in [0, 0.1) is 0 Å². The number of nitrogens with one attached hydrogen (secondary N) is 1. The summed E-state index contributed by atoms with van der Waals surface area (Å²) in [6, 6.07) is 9.79. The smallest absolute Gasteiger partial charge is 0.244 e. The van der Waals surface area contributed by atoms with Crippen molar-refractivity contribution >= 4 is 5.91 Å². The van der Waals surface area contributed by atoms with E-state index in [2.05, 4.69) is 11.9 Å². The topological polar surface area (TPSA) is 29.1 Å². The Hall–Kier alpha value is -2.09. The number of rotatable bonds is 5. The minimum Gasteiger partial charge on any atom is -0.348 e. The highest BCUT2D eigenvalue weighted by molar-refractivity contribution is 5.87. The molecule has 0 aliphatic heterocycles. The van der Waals surface area contributed by atoms with Gasteiger partial charge in [0.1, 0.15) is 0 Å². The summed E-state index contributed by atoms with van der Waals surface area (Å²) in [6.07, 6.45) is 8.35. The van der Waals surface area contributed by atoms with Crippen LogP contribution in [-0.4, -0.2) is 5.91 Å². The highest BCUT2D eigenvalue weighted by Crippen LogP contribution is 1.96. The molecule has 82 valence electrons. The molecule has 0 saturated carbocycles. The first-order valence-corrected chi connectivity index (χ1v) is 5.10. The molecule has 0 aromatic heterocycles. The second-order valence-electron chi connectivity index (χ2n) is 3.18. The number of allylic oxidation sites excluding steroid dienone is 4. The van der Waals surface area contributed by atoms with Crippen molar-refractivity contribution in [2.75, 3.05) is 0 Å². The summed E-state index contributed by atoms with van der Waals surface area (Å²) < 4.78 is 0. The van der Waals surface area contributed by atoms with Gasteiger partial charge in [0.25, 0.3) is 0 Å². The van der Waals surface area contributed by atoms with Gasteiger partial charge in [-0.1, -0.05) is 61.2 Å². The van der Waals surface area contributed by atoms with Gasteiger partial charge in [-0.3, -0.25) is 4.79 Å². The van der Waals surface area contributed by atoms with Gasteiger partial charge in [-0.15, -0.1) is 0 Å². The fourth-order valence-electron chi connectivity index (χ4n) is 1.13. The first-order chi connectivity index (χ1) is 7.83. The fourth-order valence-corrected chi connectivity index (χ4v) is 1.13. The number of carbonyl (C=O) groups is 1. The Morgan fingerprint density at radius 1 is 1.19 bits per heavy atom. The number of hydrogen-bond acceptors (Lipinski definition) is 1. The molecule has 1 rings (SSSR count). The summed E-state index contributed by atoms with van der Waals surface area (Å²) in [4.78, 5) is 11.3. The zero-order chi connectivity index (χ0) is 11.6. The van der Waals surface area contributed by atoms with Crippen LogP contribution >= 0.6 is 0 Å². The van der Waals surface area contributed by atoms with Crippen LogP contribution in [0.1, 0.15) is 5.56 Å². The van der Waals surface area contributed by atoms with E-state index in [-0.39, 0.29) is 5.91 Å². The lowest BCUT2D eigenvalue weighted by Gasteiger charge is -2.01. The van der Waals surface area contributed by atoms with Gasteiger partial charge in [-0.05, 0) is 5.56 Å². The predicted octanol–water partition coefficient (Wildman–Crippen LogP) is 2.60. The molecule has 0 fully saturated rings. The summed E-state index contributed by atoms with van der Waals surface area (Å²) in [7, 11) is 0. The molecule has 1 N–H and O–H groups in total. The first-order valence-electron chi connectivity index (χ1n) is 5.10. The third-order valence-electron chi connectivity index (χ3n) is 1.92. The molecule has 0 aliphatic carbocycles. The second kappa shape index (κ2) is 7.23. The van der Waals surface area contributed by atoms with Crippen LogP contribution < -0.4 is 5.32 Å². The summed E-state index contributed by atoms with van der Waals surface area (Å²) in [5.74, 6) is -0.0995. The molecule has 1 aromatic carbocycles. The monoisotopic (exact) mass is 213 g/mol. The number of amides is 1. The molecular weight excluding hydrogens is 198 g/mol. The van der Waals surface area contributed by atoms with Crippen LogP contribution in [0.5, 0.6) is 0 Å². The lowest BCUT2D eigenvalue weighted by molar-refractivity contribution is -0.116. The molecule has 0 unspecified atom stereocenters. The lowest BCUT2D eigenvalue weighted by Crippen LogP contribution is -2.20. The van der Waals surface area contributed by atoms with Gasteiger partial charge in [-0.25, -0.2) is 0 Å². The Labute approximate surface area is 96.0 Å². The van der Waals surface area contributed by atoms with Crippen LogP contribution in [0.25, 0.3) is 0 Å². The number of carbonyl (C=O) groups excluding carboxylic acids is 1. The van der Waals surface area contributed by atoms with Crippen LogP contribution in [0.2, 0.25) is 0 Å². The van der Waals surface area contributed by atoms with Crippen molar-refractivity contribution in [1.29, 1.82) is 0 Å². The standard InChI is InChI=1S/C14H15NO/c1-2-3-4-8-11-14(16)15-12-13-9-6-5-7-10-13/h2-11H,1,12H2,(H,15,16). The van der Waals surface area contributed by atoms with Crippen molar-refractivity contribution in [2.24, 2.45) is 0 Å². The second-order valence-corrected chi connectivity index (χ2v) is 3.18. The Bertz CT molecular complexity index is 390. The average Bonchev–Trinajstić information content (AvgIpc) is 2.33. The maximum atomic E-state index is 11.3. The number of hydrogen-bond donors (Lipinski definition) is 1. The molecule has 2 heteroatoms. The Morgan fingerprint density at radius 2 is 1.94 bits per heavy atom. The van der Waals surface area contributed by atoms with E-state index in [4.69, 9.17) is 0 Å². The van der Waals surface area contributed by atoms with E-state index in [1.165, 1.54) is 6.08 Å². The average molecular weight is 213 g/mol. The van der Waals surface area contributed by atoms with Crippen LogP contribution in [0.4, 0.5) is 0 Å². The molecule has 0 saturated heterocycles. The van der Waals surface area contributed by atoms with Gasteiger partial charge in [0.2, 0.25) is 5.91 Å². The van der Waals surface area contributed by atoms with Crippen molar-refractivity contribution in [1.82, 2.24) is 5.32 Å². The zero-order valence-electron chi connectivity index (χ0n) is 9.10. The van der Waals surface area contributed by atoms with E-state index >= 15 is 0 Å². The third kappa shape index (κ3) is 4.96. The van der Waals surface area contributed by atoms with E-state index in [9.17, 15) is 4.79 Å². The quantitative estimate of drug-likeness (QED) is 0.591. The summed E-state index contributed by atoms with van der Waals surface area (Å²) in [6.45, 7) is 4.08. The number of benzene rings is 1. The molecule has 0 atom stereocenters. The van der Waals surface area contributed by atoms with Crippen LogP contribution in [0.3, 0.4) is 0 Å². The molecule has 1 amide bonds. The maximum absolute atomic E-state index is 11.3. The predicted molar refractivity (Wildman–Crippen MR) is 66.8 cm³/mol. The molecule has 2 nitrogen and oxygen atoms in total. The molecule has 1 aromatic rings. The lowest BCUT2D eigenvalue weighted by atomic mass is 10.2. The van der Waals surface area contributed by atoms with Crippen molar-refractivity contribution in [3.05, 3.63) is 72.9 Å². The van der Waals surface area contributed by atoms with Crippen molar-refractivity contribution in [3.63, 3.8) is 0 Å². The van der Waals surface area contributed by atoms with Gasteiger partial charge in [0.15, 0.2) is 0 Å². The molecular formula is C14H15NO. The molecule has 0 aliphatic rings. The Kier molecular flexibility index (Phi) is 5.42. The Balaban J connectivity index is 2.33. The minimum absolute atomic E-state index is 0.0995. The first kappa shape index (κ1) is 12.0. The van der Waals surface area contributed by atoms with Gasteiger partial charge in [0.05, 0.1) is 0 Å². The van der Waals surface area contributed by atoms with Gasteiger partial charge >= 0.3 is 0 Å². The highest BCUT2D eigenvalue weighted by atomic mass is 16.1. The molecule has 16 heavy (non-hydrogen) atoms. The molecule has 0 bridgehead atoms. The fraction of sp³-hybridized carbons (Fsp3) is 0.0714. The van der Waals surface area contributed by atoms with Crippen molar-refractivity contribution in [2.45, 2.75) is 6.54 Å². The normalized spacial score (nSPS) is 10.8. The highest BCUT2D eigenvalue weighted by Gasteiger charge is 1.94. The van der Waals surface area contributed by atoms with Crippen molar-refractivity contribution < 1.29 is 4.79 Å². The molecule has 0 spiro atoms. The summed E-state index contributed by atoms with van der Waals surface area (Å²) in [5, 5.41) is 2.79. The van der Waals surface area contributed by atoms with E-state index < -0.39 is 0 Å². The summed E-state index contributed by atoms with van der Waals surface area (Å²) in [5.41, 5.74) is 1.09. The minimum atomic E-state index is -0.0995. The molecule has 0 heterocycles. The third-order valence-corrected chi connectivity index (χ3v) is 1.92. The van der Waals surface area contributed by atoms with Gasteiger partial charge in [0, 0.05) is 12.6 Å². The van der Waals surface area contributed by atoms with E-state index in [0.717, 1.165) is 5.56 Å². The molecule has 0 radical (unpaired) electrons. The summed E-state index contributed by atoms with van der Waals surface area (Å²) >= 11 is 0. The van der Waals surface area contributed by atoms with E-state index in [1.54, 1.807) is 24.3 Å². The van der Waals surface area contributed by atoms with Crippen LogP contribution in [0.15, 0.2) is 67.3 Å². The van der Waals surface area contributed by atoms with Gasteiger partial charge < -0.3 is 5.32 Å².